The minimum absolute atomic E-state index is 0.119. The van der Waals surface area contributed by atoms with Crippen molar-refractivity contribution in [3.8, 4) is 0 Å². The van der Waals surface area contributed by atoms with Crippen LogP contribution >= 0.6 is 0 Å². The molecule has 1 unspecified atom stereocenters. The number of carbonyl (C=O) groups is 2. The molecule has 0 aliphatic rings. The zero-order valence-corrected chi connectivity index (χ0v) is 12.6. The number of methoxy groups -OCH3 is 2. The molecule has 118 valence electrons. The highest BCUT2D eigenvalue weighted by Crippen LogP contribution is 2.04. The maximum atomic E-state index is 12.0. The fourth-order valence-corrected chi connectivity index (χ4v) is 1.56. The van der Waals surface area contributed by atoms with Gasteiger partial charge in [-0.2, -0.15) is 0 Å². The normalized spacial score (nSPS) is 11.9. The summed E-state index contributed by atoms with van der Waals surface area (Å²) >= 11 is 0. The fourth-order valence-electron chi connectivity index (χ4n) is 1.56. The van der Waals surface area contributed by atoms with Crippen LogP contribution in [0.1, 0.15) is 19.8 Å². The number of carboxylic acids is 1. The molecule has 0 radical (unpaired) electrons. The third kappa shape index (κ3) is 9.57. The maximum Gasteiger partial charge on any atom is 0.317 e. The van der Waals surface area contributed by atoms with Crippen molar-refractivity contribution in [1.82, 2.24) is 10.2 Å². The summed E-state index contributed by atoms with van der Waals surface area (Å²) < 4.78 is 9.93. The van der Waals surface area contributed by atoms with Gasteiger partial charge < -0.3 is 24.8 Å². The van der Waals surface area contributed by atoms with Crippen LogP contribution in [0.2, 0.25) is 0 Å². The molecule has 0 aromatic heterocycles. The predicted octanol–water partition coefficient (Wildman–Crippen LogP) is 0.792. The number of nitrogens with zero attached hydrogens (tertiary/aromatic N) is 1. The van der Waals surface area contributed by atoms with E-state index in [9.17, 15) is 9.59 Å². The fraction of sp³-hybridized carbons (Fsp3) is 0.846. The number of hydrogen-bond donors (Lipinski definition) is 2. The molecule has 7 nitrogen and oxygen atoms in total. The van der Waals surface area contributed by atoms with Gasteiger partial charge in [-0.05, 0) is 12.3 Å². The van der Waals surface area contributed by atoms with Crippen LogP contribution in [0.5, 0.6) is 0 Å². The van der Waals surface area contributed by atoms with E-state index in [1.54, 1.807) is 19.1 Å². The number of nitrogens with one attached hydrogen (secondary N) is 1. The lowest BCUT2D eigenvalue weighted by atomic mass is 10.1. The Morgan fingerprint density at radius 1 is 1.20 bits per heavy atom. The van der Waals surface area contributed by atoms with E-state index >= 15 is 0 Å². The third-order valence-corrected chi connectivity index (χ3v) is 2.87. The van der Waals surface area contributed by atoms with Gasteiger partial charge in [-0.3, -0.25) is 4.79 Å². The van der Waals surface area contributed by atoms with Crippen molar-refractivity contribution in [2.24, 2.45) is 5.92 Å². The van der Waals surface area contributed by atoms with Crippen molar-refractivity contribution in [2.45, 2.75) is 19.8 Å². The van der Waals surface area contributed by atoms with Gasteiger partial charge >= 0.3 is 12.0 Å². The summed E-state index contributed by atoms with van der Waals surface area (Å²) in [5.41, 5.74) is 0. The summed E-state index contributed by atoms with van der Waals surface area (Å²) in [5.74, 6) is -0.688. The molecule has 0 aromatic carbocycles. The predicted molar refractivity (Wildman–Crippen MR) is 74.8 cm³/mol. The number of amides is 2. The van der Waals surface area contributed by atoms with Crippen molar-refractivity contribution in [3.05, 3.63) is 0 Å². The first-order chi connectivity index (χ1) is 9.51. The molecular weight excluding hydrogens is 264 g/mol. The number of carboxylic acid groups (broad SMARTS) is 1. The lowest BCUT2D eigenvalue weighted by Gasteiger charge is -2.23. The highest BCUT2D eigenvalue weighted by molar-refractivity contribution is 5.74. The molecular formula is C13H26N2O5. The molecule has 0 spiro atoms. The second-order valence-corrected chi connectivity index (χ2v) is 4.70. The van der Waals surface area contributed by atoms with E-state index in [1.807, 2.05) is 6.92 Å². The summed E-state index contributed by atoms with van der Waals surface area (Å²) in [6.07, 6.45) is 0.667. The van der Waals surface area contributed by atoms with E-state index in [0.717, 1.165) is 0 Å². The first-order valence-electron chi connectivity index (χ1n) is 6.73. The highest BCUT2D eigenvalue weighted by Gasteiger charge is 2.14. The number of urea groups is 1. The van der Waals surface area contributed by atoms with E-state index in [1.165, 1.54) is 0 Å². The Balaban J connectivity index is 4.06. The SMILES string of the molecule is COCCN(CCOC)C(=O)NCC(C)CCC(=O)O. The topological polar surface area (TPSA) is 88.1 Å². The summed E-state index contributed by atoms with van der Waals surface area (Å²) in [5, 5.41) is 11.4. The number of hydrogen-bond acceptors (Lipinski definition) is 4. The van der Waals surface area contributed by atoms with Gasteiger partial charge in [0.15, 0.2) is 0 Å². The van der Waals surface area contributed by atoms with Crippen LogP contribution in [0.15, 0.2) is 0 Å². The number of rotatable bonds is 11. The van der Waals surface area contributed by atoms with E-state index < -0.39 is 5.97 Å². The molecule has 0 aliphatic heterocycles. The van der Waals surface area contributed by atoms with E-state index in [2.05, 4.69) is 5.32 Å². The third-order valence-electron chi connectivity index (χ3n) is 2.87. The zero-order valence-electron chi connectivity index (χ0n) is 12.6. The van der Waals surface area contributed by atoms with Crippen LogP contribution in [0, 0.1) is 5.92 Å². The van der Waals surface area contributed by atoms with Crippen LogP contribution in [0.4, 0.5) is 4.79 Å². The number of carbonyl (C=O) groups excluding carboxylic acids is 1. The maximum absolute atomic E-state index is 12.0. The molecule has 0 bridgehead atoms. The van der Waals surface area contributed by atoms with Crippen LogP contribution in [0.3, 0.4) is 0 Å². The standard InChI is InChI=1S/C13H26N2O5/c1-11(4-5-12(16)17)10-14-13(18)15(6-8-19-2)7-9-20-3/h11H,4-10H2,1-3H3,(H,14,18)(H,16,17). The Hall–Kier alpha value is -1.34. The van der Waals surface area contributed by atoms with Gasteiger partial charge in [-0.1, -0.05) is 6.92 Å². The largest absolute Gasteiger partial charge is 0.481 e. The monoisotopic (exact) mass is 290 g/mol. The minimum Gasteiger partial charge on any atom is -0.481 e. The molecule has 0 saturated carbocycles. The van der Waals surface area contributed by atoms with Gasteiger partial charge in [0.25, 0.3) is 0 Å². The van der Waals surface area contributed by atoms with Crippen molar-refractivity contribution >= 4 is 12.0 Å². The summed E-state index contributed by atoms with van der Waals surface area (Å²) in [7, 11) is 3.17. The molecule has 2 N–H and O–H groups in total. The average molecular weight is 290 g/mol. The van der Waals surface area contributed by atoms with E-state index in [4.69, 9.17) is 14.6 Å². The molecule has 2 amide bonds. The minimum atomic E-state index is -0.815. The van der Waals surface area contributed by atoms with Crippen LogP contribution in [0.25, 0.3) is 0 Å². The Morgan fingerprint density at radius 3 is 2.20 bits per heavy atom. The molecule has 20 heavy (non-hydrogen) atoms. The molecule has 7 heteroatoms. The van der Waals surface area contributed by atoms with E-state index in [-0.39, 0.29) is 18.4 Å². The van der Waals surface area contributed by atoms with Gasteiger partial charge in [-0.25, -0.2) is 4.79 Å². The number of ether oxygens (including phenoxy) is 2. The summed E-state index contributed by atoms with van der Waals surface area (Å²) in [4.78, 5) is 24.1. The smallest absolute Gasteiger partial charge is 0.317 e. The summed E-state index contributed by atoms with van der Waals surface area (Å²) in [6, 6.07) is -0.179. The average Bonchev–Trinajstić information content (AvgIpc) is 2.42. The second kappa shape index (κ2) is 11.5. The van der Waals surface area contributed by atoms with Gasteiger partial charge in [-0.15, -0.1) is 0 Å². The van der Waals surface area contributed by atoms with Gasteiger partial charge in [0.1, 0.15) is 0 Å². The molecule has 0 fully saturated rings. The lowest BCUT2D eigenvalue weighted by molar-refractivity contribution is -0.137. The first kappa shape index (κ1) is 18.7. The number of aliphatic carboxylic acids is 1. The van der Waals surface area contributed by atoms with Crippen molar-refractivity contribution in [1.29, 1.82) is 0 Å². The lowest BCUT2D eigenvalue weighted by Crippen LogP contribution is -2.44. The van der Waals surface area contributed by atoms with Crippen LogP contribution in [-0.4, -0.2) is 69.1 Å². The van der Waals surface area contributed by atoms with E-state index in [0.29, 0.717) is 39.3 Å². The van der Waals surface area contributed by atoms with Gasteiger partial charge in [0.2, 0.25) is 0 Å². The quantitative estimate of drug-likeness (QED) is 0.587. The van der Waals surface area contributed by atoms with Crippen LogP contribution in [-0.2, 0) is 14.3 Å². The zero-order chi connectivity index (χ0) is 15.4. The van der Waals surface area contributed by atoms with Gasteiger partial charge in [0, 0.05) is 40.3 Å². The molecule has 0 aromatic rings. The molecule has 1 atom stereocenters. The Morgan fingerprint density at radius 2 is 1.75 bits per heavy atom. The second-order valence-electron chi connectivity index (χ2n) is 4.70. The molecule has 0 saturated heterocycles. The van der Waals surface area contributed by atoms with Crippen LogP contribution < -0.4 is 5.32 Å². The summed E-state index contributed by atoms with van der Waals surface area (Å²) in [6.45, 7) is 4.29. The Bertz CT molecular complexity index is 278. The highest BCUT2D eigenvalue weighted by atomic mass is 16.5. The molecule has 0 heterocycles. The van der Waals surface area contributed by atoms with Crippen molar-refractivity contribution < 1.29 is 24.2 Å². The van der Waals surface area contributed by atoms with Gasteiger partial charge in [0.05, 0.1) is 13.2 Å². The first-order valence-corrected chi connectivity index (χ1v) is 6.73. The Kier molecular flexibility index (Phi) is 10.7. The van der Waals surface area contributed by atoms with Crippen molar-refractivity contribution in [2.75, 3.05) is 47.1 Å². The van der Waals surface area contributed by atoms with Crippen molar-refractivity contribution in [3.63, 3.8) is 0 Å². The molecule has 0 rings (SSSR count). The Labute approximate surface area is 120 Å². The molecule has 0 aliphatic carbocycles.